The van der Waals surface area contributed by atoms with Crippen molar-refractivity contribution in [1.82, 2.24) is 4.98 Å². The number of benzene rings is 4. The molecule has 0 amide bonds. The predicted octanol–water partition coefficient (Wildman–Crippen LogP) is 7.09. The van der Waals surface area contributed by atoms with Gasteiger partial charge in [0.15, 0.2) is 0 Å². The SMILES string of the molecule is Cc1ccc(-c2cc([N+](=O)[O-])cc(-c3c(C#N)c(N)nc4c(C#N)cccc34)c2-c2ccc(C)cc2)cc1. The van der Waals surface area contributed by atoms with E-state index < -0.39 is 4.92 Å². The van der Waals surface area contributed by atoms with Crippen molar-refractivity contribution in [3.8, 4) is 45.5 Å². The van der Waals surface area contributed by atoms with Crippen LogP contribution < -0.4 is 5.73 Å². The number of nitrogen functional groups attached to an aromatic ring is 1. The smallest absolute Gasteiger partial charge is 0.270 e. The van der Waals surface area contributed by atoms with Crippen LogP contribution in [-0.2, 0) is 0 Å². The van der Waals surface area contributed by atoms with Crippen LogP contribution in [0.1, 0.15) is 22.3 Å². The van der Waals surface area contributed by atoms with E-state index in [4.69, 9.17) is 5.73 Å². The number of hydrogen-bond donors (Lipinski definition) is 1. The Labute approximate surface area is 219 Å². The number of nitro groups is 1. The van der Waals surface area contributed by atoms with Crippen LogP contribution in [-0.4, -0.2) is 9.91 Å². The average Bonchev–Trinajstić information content (AvgIpc) is 2.92. The lowest BCUT2D eigenvalue weighted by Crippen LogP contribution is -2.03. The topological polar surface area (TPSA) is 130 Å². The third-order valence-corrected chi connectivity index (χ3v) is 6.58. The van der Waals surface area contributed by atoms with Crippen LogP contribution in [0.4, 0.5) is 11.5 Å². The molecule has 38 heavy (non-hydrogen) atoms. The number of rotatable bonds is 4. The summed E-state index contributed by atoms with van der Waals surface area (Å²) < 4.78 is 0. The van der Waals surface area contributed by atoms with Crippen molar-refractivity contribution in [2.24, 2.45) is 0 Å². The maximum atomic E-state index is 12.2. The Kier molecular flexibility index (Phi) is 6.04. The number of nitriles is 2. The number of pyridine rings is 1. The third kappa shape index (κ3) is 4.09. The number of hydrogen-bond acceptors (Lipinski definition) is 6. The van der Waals surface area contributed by atoms with Gasteiger partial charge in [0.2, 0.25) is 0 Å². The summed E-state index contributed by atoms with van der Waals surface area (Å²) in [5.74, 6) is -0.0454. The largest absolute Gasteiger partial charge is 0.383 e. The summed E-state index contributed by atoms with van der Waals surface area (Å²) in [4.78, 5) is 16.1. The van der Waals surface area contributed by atoms with Crippen molar-refractivity contribution in [3.05, 3.63) is 111 Å². The van der Waals surface area contributed by atoms with Crippen molar-refractivity contribution in [3.63, 3.8) is 0 Å². The molecule has 0 aliphatic rings. The first-order valence-corrected chi connectivity index (χ1v) is 11.8. The number of non-ortho nitro benzene ring substituents is 1. The highest BCUT2D eigenvalue weighted by molar-refractivity contribution is 6.07. The zero-order valence-electron chi connectivity index (χ0n) is 20.7. The summed E-state index contributed by atoms with van der Waals surface area (Å²) in [5.41, 5.74) is 12.8. The van der Waals surface area contributed by atoms with E-state index in [1.54, 1.807) is 24.3 Å². The molecule has 0 atom stereocenters. The van der Waals surface area contributed by atoms with Gasteiger partial charge >= 0.3 is 0 Å². The van der Waals surface area contributed by atoms with E-state index in [1.807, 2.05) is 62.4 Å². The molecule has 0 fully saturated rings. The standard InChI is InChI=1S/C31H21N5O2/c1-18-6-10-20(11-7-18)25-14-23(36(37)38)15-26(28(25)21-12-8-19(2)9-13-21)29-24-5-3-4-22(16-32)30(24)35-31(34)27(29)17-33/h3-15H,1-2H3,(H2,34,35). The number of aromatic nitrogens is 1. The Balaban J connectivity index is 2.03. The van der Waals surface area contributed by atoms with E-state index in [0.717, 1.165) is 22.3 Å². The minimum Gasteiger partial charge on any atom is -0.383 e. The fourth-order valence-corrected chi connectivity index (χ4v) is 4.71. The second-order valence-corrected chi connectivity index (χ2v) is 9.08. The van der Waals surface area contributed by atoms with Crippen molar-refractivity contribution < 1.29 is 4.92 Å². The molecule has 0 aliphatic carbocycles. The first-order chi connectivity index (χ1) is 18.3. The number of nitro benzene ring substituents is 1. The Morgan fingerprint density at radius 1 is 0.816 bits per heavy atom. The first-order valence-electron chi connectivity index (χ1n) is 11.8. The lowest BCUT2D eigenvalue weighted by Gasteiger charge is -2.19. The lowest BCUT2D eigenvalue weighted by molar-refractivity contribution is -0.384. The quantitative estimate of drug-likeness (QED) is 0.209. The third-order valence-electron chi connectivity index (χ3n) is 6.58. The molecule has 5 rings (SSSR count). The van der Waals surface area contributed by atoms with Gasteiger partial charge in [0, 0.05) is 23.1 Å². The highest BCUT2D eigenvalue weighted by Crippen LogP contribution is 2.46. The van der Waals surface area contributed by atoms with Crippen LogP contribution in [0, 0.1) is 46.6 Å². The maximum Gasteiger partial charge on any atom is 0.270 e. The van der Waals surface area contributed by atoms with Gasteiger partial charge in [-0.25, -0.2) is 4.98 Å². The number of anilines is 1. The van der Waals surface area contributed by atoms with Crippen LogP contribution in [0.15, 0.2) is 78.9 Å². The van der Waals surface area contributed by atoms with Gasteiger partial charge in [0.1, 0.15) is 23.5 Å². The zero-order chi connectivity index (χ0) is 27.0. The van der Waals surface area contributed by atoms with Crippen LogP contribution in [0.2, 0.25) is 0 Å². The number of fused-ring (bicyclic) bond motifs is 1. The van der Waals surface area contributed by atoms with Gasteiger partial charge in [-0.3, -0.25) is 10.1 Å². The van der Waals surface area contributed by atoms with Crippen molar-refractivity contribution >= 4 is 22.4 Å². The molecule has 4 aromatic carbocycles. The van der Waals surface area contributed by atoms with E-state index in [2.05, 4.69) is 17.1 Å². The van der Waals surface area contributed by atoms with Gasteiger partial charge in [-0.1, -0.05) is 71.8 Å². The van der Waals surface area contributed by atoms with E-state index >= 15 is 0 Å². The monoisotopic (exact) mass is 495 g/mol. The van der Waals surface area contributed by atoms with Crippen molar-refractivity contribution in [1.29, 1.82) is 10.5 Å². The number of aryl methyl sites for hydroxylation is 2. The molecule has 0 saturated carbocycles. The Morgan fingerprint density at radius 3 is 2.00 bits per heavy atom. The van der Waals surface area contributed by atoms with Gasteiger partial charge in [0.05, 0.1) is 16.0 Å². The minimum absolute atomic E-state index is 0.0454. The van der Waals surface area contributed by atoms with Gasteiger partial charge in [0.25, 0.3) is 5.69 Å². The predicted molar refractivity (Wildman–Crippen MR) is 148 cm³/mol. The van der Waals surface area contributed by atoms with Crippen LogP contribution >= 0.6 is 0 Å². The Morgan fingerprint density at radius 2 is 1.42 bits per heavy atom. The molecule has 7 nitrogen and oxygen atoms in total. The second kappa shape index (κ2) is 9.50. The highest BCUT2D eigenvalue weighted by atomic mass is 16.6. The first kappa shape index (κ1) is 24.2. The van der Waals surface area contributed by atoms with Crippen molar-refractivity contribution in [2.45, 2.75) is 13.8 Å². The van der Waals surface area contributed by atoms with Gasteiger partial charge in [-0.15, -0.1) is 0 Å². The highest BCUT2D eigenvalue weighted by Gasteiger charge is 2.25. The van der Waals surface area contributed by atoms with E-state index in [-0.39, 0.29) is 17.1 Å². The fraction of sp³-hybridized carbons (Fsp3) is 0.0645. The second-order valence-electron chi connectivity index (χ2n) is 9.08. The maximum absolute atomic E-state index is 12.2. The summed E-state index contributed by atoms with van der Waals surface area (Å²) in [6, 6.07) is 28.0. The molecule has 1 aromatic heterocycles. The molecule has 0 unspecified atom stereocenters. The molecule has 0 bridgehead atoms. The lowest BCUT2D eigenvalue weighted by atomic mass is 9.84. The molecule has 5 aromatic rings. The molecule has 0 saturated heterocycles. The van der Waals surface area contributed by atoms with Gasteiger partial charge < -0.3 is 5.73 Å². The fourth-order valence-electron chi connectivity index (χ4n) is 4.71. The molecule has 7 heteroatoms. The van der Waals surface area contributed by atoms with Crippen LogP contribution in [0.25, 0.3) is 44.3 Å². The Hall–Kier alpha value is -5.53. The van der Waals surface area contributed by atoms with Crippen LogP contribution in [0.3, 0.4) is 0 Å². The van der Waals surface area contributed by atoms with E-state index in [1.165, 1.54) is 6.07 Å². The zero-order valence-corrected chi connectivity index (χ0v) is 20.7. The molecule has 0 radical (unpaired) electrons. The summed E-state index contributed by atoms with van der Waals surface area (Å²) in [6.45, 7) is 3.96. The molecule has 182 valence electrons. The molecular weight excluding hydrogens is 474 g/mol. The molecule has 1 heterocycles. The summed E-state index contributed by atoms with van der Waals surface area (Å²) in [6.07, 6.45) is 0. The molecule has 0 aliphatic heterocycles. The van der Waals surface area contributed by atoms with Crippen molar-refractivity contribution in [2.75, 3.05) is 5.73 Å². The van der Waals surface area contributed by atoms with Gasteiger partial charge in [-0.2, -0.15) is 10.5 Å². The van der Waals surface area contributed by atoms with E-state index in [9.17, 15) is 20.6 Å². The Bertz CT molecular complexity index is 1830. The summed E-state index contributed by atoms with van der Waals surface area (Å²) in [7, 11) is 0. The molecule has 0 spiro atoms. The molecular formula is C31H21N5O2. The summed E-state index contributed by atoms with van der Waals surface area (Å²) >= 11 is 0. The number of nitrogens with zero attached hydrogens (tertiary/aromatic N) is 4. The van der Waals surface area contributed by atoms with E-state index in [0.29, 0.717) is 38.7 Å². The average molecular weight is 496 g/mol. The van der Waals surface area contributed by atoms with Crippen LogP contribution in [0.5, 0.6) is 0 Å². The summed E-state index contributed by atoms with van der Waals surface area (Å²) in [5, 5.41) is 32.6. The normalized spacial score (nSPS) is 10.6. The molecule has 2 N–H and O–H groups in total. The number of para-hydroxylation sites is 1. The van der Waals surface area contributed by atoms with Gasteiger partial charge in [-0.05, 0) is 47.7 Å². The minimum atomic E-state index is -0.445. The number of nitrogens with two attached hydrogens (primary N) is 1.